The maximum Gasteiger partial charge on any atom is 0.337 e. The van der Waals surface area contributed by atoms with Gasteiger partial charge in [-0.25, -0.2) is 4.79 Å². The molecule has 0 spiro atoms. The maximum absolute atomic E-state index is 10.7. The topological polar surface area (TPSA) is 79.3 Å². The van der Waals surface area contributed by atoms with Gasteiger partial charge in [0.1, 0.15) is 19.3 Å². The minimum atomic E-state index is -1.18. The summed E-state index contributed by atoms with van der Waals surface area (Å²) in [5, 5.41) is 17.3. The molecule has 1 saturated heterocycles. The van der Waals surface area contributed by atoms with E-state index in [2.05, 4.69) is 9.47 Å². The Balaban J connectivity index is 2.36. The largest absolute Gasteiger partial charge is 0.426 e. The van der Waals surface area contributed by atoms with Crippen molar-refractivity contribution < 1.29 is 24.5 Å². The highest BCUT2D eigenvalue weighted by Crippen LogP contribution is 2.27. The van der Waals surface area contributed by atoms with Crippen LogP contribution in [0.4, 0.5) is 0 Å². The summed E-state index contributed by atoms with van der Waals surface area (Å²) in [6.45, 7) is 1.11. The van der Waals surface area contributed by atoms with Crippen molar-refractivity contribution in [1.29, 1.82) is 0 Å². The van der Waals surface area contributed by atoms with Gasteiger partial charge in [-0.1, -0.05) is 0 Å². The van der Waals surface area contributed by atoms with E-state index in [4.69, 9.17) is 10.2 Å². The summed E-state index contributed by atoms with van der Waals surface area (Å²) in [6.07, 6.45) is -1.18. The van der Waals surface area contributed by atoms with Crippen LogP contribution in [0, 0.1) is 0 Å². The molecule has 11 heavy (non-hydrogen) atoms. The lowest BCUT2D eigenvalue weighted by atomic mass is 10.4. The number of carbonyl (C=O) groups is 1. The quantitative estimate of drug-likeness (QED) is 0.395. The van der Waals surface area contributed by atoms with Crippen molar-refractivity contribution >= 4 is 5.97 Å². The predicted molar refractivity (Wildman–Crippen MR) is 33.5 cm³/mol. The third kappa shape index (κ3) is 1.89. The summed E-state index contributed by atoms with van der Waals surface area (Å²) in [6, 6.07) is 0. The second kappa shape index (κ2) is 2.77. The lowest BCUT2D eigenvalue weighted by Gasteiger charge is -2.10. The van der Waals surface area contributed by atoms with E-state index in [-0.39, 0.29) is 13.2 Å². The molecule has 2 atom stereocenters. The summed E-state index contributed by atoms with van der Waals surface area (Å²) in [4.78, 5) is 10.7. The second-order valence-electron chi connectivity index (χ2n) is 2.45. The van der Waals surface area contributed by atoms with Crippen LogP contribution in [0.2, 0.25) is 0 Å². The number of ether oxygens (including phenoxy) is 2. The molecule has 0 bridgehead atoms. The number of aliphatic hydroxyl groups is 2. The first kappa shape index (κ1) is 8.45. The summed E-state index contributed by atoms with van der Waals surface area (Å²) in [5.41, 5.74) is 0. The number of aliphatic hydroxyl groups excluding tert-OH is 2. The molecule has 1 rings (SSSR count). The fraction of sp³-hybridized carbons (Fsp3) is 0.833. The van der Waals surface area contributed by atoms with E-state index in [1.165, 1.54) is 6.92 Å². The zero-order valence-electron chi connectivity index (χ0n) is 6.11. The van der Waals surface area contributed by atoms with Gasteiger partial charge in [-0.15, -0.1) is 0 Å². The van der Waals surface area contributed by atoms with Crippen LogP contribution < -0.4 is 0 Å². The minimum Gasteiger partial charge on any atom is -0.426 e. The van der Waals surface area contributed by atoms with Crippen LogP contribution in [-0.4, -0.2) is 41.3 Å². The van der Waals surface area contributed by atoms with Gasteiger partial charge in [-0.3, -0.25) is 0 Å². The van der Waals surface area contributed by atoms with Gasteiger partial charge >= 0.3 is 5.97 Å². The number of epoxide rings is 1. The van der Waals surface area contributed by atoms with Gasteiger partial charge in [0.25, 0.3) is 5.79 Å². The monoisotopic (exact) mass is 162 g/mol. The van der Waals surface area contributed by atoms with Crippen molar-refractivity contribution in [2.45, 2.75) is 18.8 Å². The number of rotatable bonds is 3. The van der Waals surface area contributed by atoms with Gasteiger partial charge in [0.2, 0.25) is 0 Å². The summed E-state index contributed by atoms with van der Waals surface area (Å²) in [5.74, 6) is -1.94. The molecule has 0 amide bonds. The van der Waals surface area contributed by atoms with Crippen LogP contribution in [0.1, 0.15) is 6.92 Å². The molecule has 0 aromatic heterocycles. The minimum absolute atomic E-state index is 0.196. The standard InChI is InChI=1S/C6H10O5/c1-4(8)5(9)11-6(2-7)3-10-6/h4,7-8H,2-3H2,1H3/t4?,6-/m0/s1. The highest BCUT2D eigenvalue weighted by molar-refractivity contribution is 5.74. The van der Waals surface area contributed by atoms with Crippen LogP contribution in [0.5, 0.6) is 0 Å². The van der Waals surface area contributed by atoms with Crippen molar-refractivity contribution in [2.24, 2.45) is 0 Å². The highest BCUT2D eigenvalue weighted by Gasteiger charge is 2.49. The zero-order chi connectivity index (χ0) is 8.48. The number of esters is 1. The first-order valence-corrected chi connectivity index (χ1v) is 3.25. The summed E-state index contributed by atoms with van der Waals surface area (Å²) >= 11 is 0. The van der Waals surface area contributed by atoms with Gasteiger partial charge in [0.05, 0.1) is 0 Å². The number of hydrogen-bond acceptors (Lipinski definition) is 5. The van der Waals surface area contributed by atoms with E-state index in [1.807, 2.05) is 0 Å². The van der Waals surface area contributed by atoms with Crippen LogP contribution in [0.15, 0.2) is 0 Å². The molecule has 0 aromatic carbocycles. The lowest BCUT2D eigenvalue weighted by molar-refractivity contribution is -0.171. The first-order chi connectivity index (χ1) is 5.09. The second-order valence-corrected chi connectivity index (χ2v) is 2.45. The van der Waals surface area contributed by atoms with Crippen molar-refractivity contribution in [2.75, 3.05) is 13.2 Å². The molecule has 5 nitrogen and oxygen atoms in total. The molecule has 1 heterocycles. The van der Waals surface area contributed by atoms with E-state index in [1.54, 1.807) is 0 Å². The van der Waals surface area contributed by atoms with Crippen molar-refractivity contribution in [1.82, 2.24) is 0 Å². The molecule has 0 radical (unpaired) electrons. The van der Waals surface area contributed by atoms with Gasteiger partial charge in [0.15, 0.2) is 0 Å². The molecular formula is C6H10O5. The van der Waals surface area contributed by atoms with Gasteiger partial charge < -0.3 is 19.7 Å². The molecule has 1 aliphatic rings. The lowest BCUT2D eigenvalue weighted by Crippen LogP contribution is -2.30. The van der Waals surface area contributed by atoms with Crippen molar-refractivity contribution in [3.8, 4) is 0 Å². The SMILES string of the molecule is CC(O)C(=O)O[C@@]1(CO)CO1. The van der Waals surface area contributed by atoms with Gasteiger partial charge in [-0.05, 0) is 6.92 Å². The molecule has 0 aliphatic carbocycles. The highest BCUT2D eigenvalue weighted by atomic mass is 16.8. The fourth-order valence-corrected chi connectivity index (χ4v) is 0.532. The smallest absolute Gasteiger partial charge is 0.337 e. The van der Waals surface area contributed by atoms with Crippen LogP contribution >= 0.6 is 0 Å². The fourth-order valence-electron chi connectivity index (χ4n) is 0.532. The van der Waals surface area contributed by atoms with Gasteiger partial charge in [-0.2, -0.15) is 0 Å². The normalized spacial score (nSPS) is 31.2. The third-order valence-corrected chi connectivity index (χ3v) is 1.33. The molecule has 0 saturated carbocycles. The van der Waals surface area contributed by atoms with Crippen LogP contribution in [0.25, 0.3) is 0 Å². The maximum atomic E-state index is 10.7. The van der Waals surface area contributed by atoms with E-state index >= 15 is 0 Å². The Bertz CT molecular complexity index is 160. The van der Waals surface area contributed by atoms with E-state index in [0.29, 0.717) is 0 Å². The molecular weight excluding hydrogens is 152 g/mol. The average molecular weight is 162 g/mol. The molecule has 1 unspecified atom stereocenters. The van der Waals surface area contributed by atoms with E-state index < -0.39 is 17.9 Å². The Morgan fingerprint density at radius 1 is 1.91 bits per heavy atom. The summed E-state index contributed by atoms with van der Waals surface area (Å²) in [7, 11) is 0. The molecule has 1 aliphatic heterocycles. The Hall–Kier alpha value is -0.650. The van der Waals surface area contributed by atoms with Crippen molar-refractivity contribution in [3.05, 3.63) is 0 Å². The van der Waals surface area contributed by atoms with Crippen LogP contribution in [-0.2, 0) is 14.3 Å². The zero-order valence-corrected chi connectivity index (χ0v) is 6.11. The van der Waals surface area contributed by atoms with Gasteiger partial charge in [0, 0.05) is 0 Å². The third-order valence-electron chi connectivity index (χ3n) is 1.33. The Labute approximate surface area is 63.5 Å². The first-order valence-electron chi connectivity index (χ1n) is 3.25. The number of hydrogen-bond donors (Lipinski definition) is 2. The predicted octanol–water partition coefficient (Wildman–Crippen LogP) is -1.37. The summed E-state index contributed by atoms with van der Waals surface area (Å²) < 4.78 is 9.26. The van der Waals surface area contributed by atoms with Crippen molar-refractivity contribution in [3.63, 3.8) is 0 Å². The number of carbonyl (C=O) groups excluding carboxylic acids is 1. The average Bonchev–Trinajstić information content (AvgIpc) is 2.69. The molecule has 64 valence electrons. The Kier molecular flexibility index (Phi) is 2.12. The molecule has 2 N–H and O–H groups in total. The molecule has 5 heteroatoms. The molecule has 1 fully saturated rings. The van der Waals surface area contributed by atoms with E-state index in [0.717, 1.165) is 0 Å². The molecule has 0 aromatic rings. The Morgan fingerprint density at radius 2 is 2.45 bits per heavy atom. The van der Waals surface area contributed by atoms with E-state index in [9.17, 15) is 4.79 Å². The van der Waals surface area contributed by atoms with Crippen LogP contribution in [0.3, 0.4) is 0 Å². The Morgan fingerprint density at radius 3 is 2.73 bits per heavy atom.